The number of rotatable bonds is 6. The Morgan fingerprint density at radius 2 is 0.540 bits per heavy atom. The molecule has 6 aliphatic rings. The molecule has 1 aromatic heterocycles. The van der Waals surface area contributed by atoms with E-state index in [1.165, 1.54) is 36.4 Å². The van der Waals surface area contributed by atoms with Crippen molar-refractivity contribution in [3.05, 3.63) is 311 Å². The summed E-state index contributed by atoms with van der Waals surface area (Å²) in [5, 5.41) is 31.4. The Morgan fingerprint density at radius 3 is 0.793 bits per heavy atom. The van der Waals surface area contributed by atoms with Crippen molar-refractivity contribution >= 4 is 77.3 Å². The molecule has 0 saturated carbocycles. The zero-order chi connectivity index (χ0) is 103. The molecule has 5 aliphatic heterocycles. The van der Waals surface area contributed by atoms with Gasteiger partial charge in [0.2, 0.25) is 0 Å². The van der Waals surface area contributed by atoms with Crippen molar-refractivity contribution in [1.82, 2.24) is 0 Å². The van der Waals surface area contributed by atoms with Gasteiger partial charge in [-0.3, -0.25) is 4.79 Å². The number of ether oxygens (including phenoxy) is 24. The van der Waals surface area contributed by atoms with E-state index in [2.05, 4.69) is 4.90 Å². The Morgan fingerprint density at radius 1 is 0.280 bits per heavy atom. The van der Waals surface area contributed by atoms with E-state index < -0.39 is 17.6 Å². The van der Waals surface area contributed by atoms with Gasteiger partial charge in [-0.2, -0.15) is 0 Å². The van der Waals surface area contributed by atoms with Crippen molar-refractivity contribution in [2.24, 2.45) is 0 Å². The predicted octanol–water partition coefficient (Wildman–Crippen LogP) is 13.4. The molecule has 12 aromatic rings. The number of phenolic OH excluding ortho intramolecular Hbond substituents is 1. The number of carboxylic acids is 2. The maximum Gasteiger partial charge on any atom is 2.00 e. The van der Waals surface area contributed by atoms with Crippen molar-refractivity contribution < 1.29 is 216 Å². The quantitative estimate of drug-likeness (QED) is 0.0887. The molecule has 2 N–H and O–H groups in total. The zero-order valence-corrected chi connectivity index (χ0v) is 92.8. The second kappa shape index (κ2) is 67.8. The second-order valence-electron chi connectivity index (χ2n) is 31.8. The molecule has 0 atom stereocenters. The zero-order valence-electron chi connectivity index (χ0n) is 84.3. The first kappa shape index (κ1) is 118. The van der Waals surface area contributed by atoms with Gasteiger partial charge in [-0.15, -0.1) is 0 Å². The van der Waals surface area contributed by atoms with Gasteiger partial charge in [0.15, 0.2) is 97.4 Å². The number of aromatic carboxylic acids is 2. The normalized spacial score (nSPS) is 14.9. The second-order valence-corrected chi connectivity index (χ2v) is 31.8. The number of aromatic hydroxyl groups is 1. The van der Waals surface area contributed by atoms with Gasteiger partial charge in [0, 0.05) is 64.4 Å². The summed E-state index contributed by atoms with van der Waals surface area (Å²) >= 11 is 0. The van der Waals surface area contributed by atoms with Crippen LogP contribution in [0.1, 0.15) is 34.6 Å². The topological polar surface area (TPSA) is 383 Å². The van der Waals surface area contributed by atoms with E-state index in [9.17, 15) is 29.4 Å². The van der Waals surface area contributed by atoms with Gasteiger partial charge in [-0.25, -0.2) is 9.59 Å². The number of anilines is 1. The van der Waals surface area contributed by atoms with Crippen molar-refractivity contribution in [2.45, 2.75) is 13.8 Å². The molecule has 18 rings (SSSR count). The summed E-state index contributed by atoms with van der Waals surface area (Å²) in [6.07, 6.45) is 0. The van der Waals surface area contributed by atoms with Crippen LogP contribution in [0.15, 0.2) is 297 Å². The SMILES string of the molecule is CCN(CC)c1ccc2cc(C(=O)O)c(=O)oc2c1.O=C([O-])c1ccccc1-c1c2ccc(=O)cc-2oc2cc(O)ccc12.[Ca+2].[Cs+].c1ccc2c(c1)OCCOCCOc1ccccc1OCCOCCO2.c1ccc2c(c1)OCCOCCOc1ccccc1OCCOCCO2.c1ccc2c(c1)OCCOCCOc1ccccc1OCCOCCO2.c1ccc2c(c1)OCCOCCOc1ccccc1OCCOCCO2. The number of benzene rings is 12. The number of fused-ring (bicyclic) bond motifs is 11. The van der Waals surface area contributed by atoms with Crippen molar-refractivity contribution in [1.29, 1.82) is 0 Å². The van der Waals surface area contributed by atoms with E-state index in [1.807, 2.05) is 214 Å². The van der Waals surface area contributed by atoms with E-state index in [4.69, 9.17) is 128 Å². The largest absolute Gasteiger partial charge is 2.00 e. The first-order valence-corrected chi connectivity index (χ1v) is 48.8. The number of hydrogen-bond donors (Lipinski definition) is 2. The van der Waals surface area contributed by atoms with Crippen LogP contribution in [0.2, 0.25) is 0 Å². The van der Waals surface area contributed by atoms with E-state index in [1.54, 1.807) is 42.5 Å². The molecule has 34 nitrogen and oxygen atoms in total. The number of carbonyl (C=O) groups excluding carboxylic acids is 1. The fraction of sp³-hybridized carbons (Fsp3) is 0.316. The first-order valence-electron chi connectivity index (χ1n) is 48.8. The van der Waals surface area contributed by atoms with Crippen molar-refractivity contribution in [3.63, 3.8) is 0 Å². The summed E-state index contributed by atoms with van der Waals surface area (Å²) in [6.45, 7) is 20.4. The minimum absolute atomic E-state index is 0. The summed E-state index contributed by atoms with van der Waals surface area (Å²) in [5.74, 6) is 8.95. The Labute approximate surface area is 958 Å². The number of para-hydroxylation sites is 16. The predicted molar refractivity (Wildman–Crippen MR) is 555 cm³/mol. The van der Waals surface area contributed by atoms with Crippen LogP contribution in [0.5, 0.6) is 97.7 Å². The number of nitrogens with zero attached hydrogens (tertiary/aromatic N) is 1. The number of phenols is 1. The maximum atomic E-state index is 11.7. The summed E-state index contributed by atoms with van der Waals surface area (Å²) in [6, 6.07) is 82.8. The minimum atomic E-state index is -1.29. The molecule has 0 amide bonds. The maximum absolute atomic E-state index is 11.7. The van der Waals surface area contributed by atoms with Gasteiger partial charge in [0.05, 0.1) is 112 Å². The first-order chi connectivity index (χ1) is 72.8. The molecule has 0 radical (unpaired) electrons. The summed E-state index contributed by atoms with van der Waals surface area (Å²) < 4.78 is 147. The van der Waals surface area contributed by atoms with Gasteiger partial charge in [-0.05, 0) is 159 Å². The Balaban J connectivity index is 0.000000171. The average molecular weight is 2210 g/mol. The molecule has 6 heterocycles. The fourth-order valence-electron chi connectivity index (χ4n) is 14.8. The molecule has 1 aliphatic carbocycles. The molecule has 0 spiro atoms. The Kier molecular flexibility index (Phi) is 53.3. The molecular formula is C114H122CaCsNO33+2. The van der Waals surface area contributed by atoms with Gasteiger partial charge < -0.3 is 148 Å². The molecule has 0 saturated heterocycles. The molecule has 11 aromatic carbocycles. The molecular weight excluding hydrogens is 2080 g/mol. The van der Waals surface area contributed by atoms with E-state index in [-0.39, 0.29) is 129 Å². The molecule has 0 bridgehead atoms. The standard InChI is InChI=1S/4C20H24O6.C20H12O5.C14H15NO4.Ca.Cs/c4*1-2-6-18-17(5-1)23-13-9-21-11-15-25-19-7-3-4-8-20(19)26-16-12-22-10-14-24-18;21-11-5-7-15-17(9-11)25-18-10-12(22)6-8-16(18)19(15)13-3-1-2-4-14(13)20(23)24;1-3-15(4-2)10-6-5-9-7-11(13(16)17)14(18)19-12(9)8-10;;/h4*1-8H,9-16H2;1-10,21H,(H,23,24);5-8H,3-4H2,1-2H3,(H,16,17);;/q;;;;;;+2;+1/p-1. The Hall–Kier alpha value is -12.3. The van der Waals surface area contributed by atoms with Gasteiger partial charge in [0.1, 0.15) is 134 Å². The molecule has 0 unspecified atom stereocenters. The van der Waals surface area contributed by atoms with Crippen LogP contribution in [-0.4, -0.2) is 284 Å². The monoisotopic (exact) mass is 2210 g/mol. The third-order valence-electron chi connectivity index (χ3n) is 21.7. The van der Waals surface area contributed by atoms with E-state index in [0.29, 0.717) is 348 Å². The van der Waals surface area contributed by atoms with Crippen LogP contribution in [0.3, 0.4) is 0 Å². The summed E-state index contributed by atoms with van der Waals surface area (Å²) in [7, 11) is 0. The minimum Gasteiger partial charge on any atom is -0.545 e. The average Bonchev–Trinajstić information content (AvgIpc) is 0.745. The van der Waals surface area contributed by atoms with Crippen LogP contribution >= 0.6 is 0 Å². The number of hydrogen-bond acceptors (Lipinski definition) is 33. The summed E-state index contributed by atoms with van der Waals surface area (Å²) in [4.78, 5) is 47.8. The van der Waals surface area contributed by atoms with Gasteiger partial charge in [-0.1, -0.05) is 121 Å². The van der Waals surface area contributed by atoms with Crippen LogP contribution in [0.25, 0.3) is 44.4 Å². The van der Waals surface area contributed by atoms with Gasteiger partial charge in [0.25, 0.3) is 0 Å². The number of carboxylic acid groups (broad SMARTS) is 2. The fourth-order valence-corrected chi connectivity index (χ4v) is 14.8. The Bertz CT molecular complexity index is 5540. The number of carbonyl (C=O) groups is 2. The van der Waals surface area contributed by atoms with Gasteiger partial charge >= 0.3 is 118 Å². The third kappa shape index (κ3) is 39.5. The van der Waals surface area contributed by atoms with Crippen LogP contribution in [-0.2, 0) is 37.9 Å². The van der Waals surface area contributed by atoms with E-state index in [0.717, 1.165) is 18.8 Å². The van der Waals surface area contributed by atoms with Crippen LogP contribution in [0, 0.1) is 0 Å². The van der Waals surface area contributed by atoms with Crippen molar-refractivity contribution in [2.75, 3.05) is 229 Å². The summed E-state index contributed by atoms with van der Waals surface area (Å²) in [5.41, 5.74) is 2.01. The van der Waals surface area contributed by atoms with E-state index >= 15 is 0 Å². The van der Waals surface area contributed by atoms with Crippen LogP contribution < -0.4 is 166 Å². The molecule has 150 heavy (non-hydrogen) atoms. The molecule has 36 heteroatoms. The molecule has 0 fully saturated rings. The third-order valence-corrected chi connectivity index (χ3v) is 21.7. The van der Waals surface area contributed by atoms with Crippen LogP contribution in [0.4, 0.5) is 5.69 Å². The van der Waals surface area contributed by atoms with Crippen molar-refractivity contribution in [3.8, 4) is 120 Å². The molecule has 782 valence electrons. The smallest absolute Gasteiger partial charge is 0.545 e.